The number of esters is 1. The monoisotopic (exact) mass is 776 g/mol. The van der Waals surface area contributed by atoms with Crippen molar-refractivity contribution in [3.05, 3.63) is 24.3 Å². The van der Waals surface area contributed by atoms with Crippen LogP contribution in [0.15, 0.2) is 24.3 Å². The van der Waals surface area contributed by atoms with Crippen LogP contribution >= 0.6 is 0 Å². The summed E-state index contributed by atoms with van der Waals surface area (Å²) in [6.07, 6.45) is 51.4. The molecule has 1 amide bonds. The molecule has 0 rings (SSSR count). The fourth-order valence-corrected chi connectivity index (χ4v) is 7.21. The lowest BCUT2D eigenvalue weighted by molar-refractivity contribution is -0.143. The molecule has 55 heavy (non-hydrogen) atoms. The maximum Gasteiger partial charge on any atom is 0.305 e. The first-order valence-electron chi connectivity index (χ1n) is 24.1. The van der Waals surface area contributed by atoms with E-state index in [0.717, 1.165) is 70.6 Å². The minimum absolute atomic E-state index is 0.0224. The van der Waals surface area contributed by atoms with Gasteiger partial charge >= 0.3 is 5.97 Å². The predicted molar refractivity (Wildman–Crippen MR) is 236 cm³/mol. The molecule has 2 unspecified atom stereocenters. The van der Waals surface area contributed by atoms with Crippen molar-refractivity contribution in [2.45, 2.75) is 264 Å². The second-order valence-electron chi connectivity index (χ2n) is 16.4. The molecule has 0 aliphatic heterocycles. The summed E-state index contributed by atoms with van der Waals surface area (Å²) in [6, 6.07) is -0.560. The van der Waals surface area contributed by atoms with E-state index in [-0.39, 0.29) is 18.5 Å². The number of amides is 1. The van der Waals surface area contributed by atoms with Gasteiger partial charge in [0.25, 0.3) is 0 Å². The number of allylic oxidation sites excluding steroid dienone is 4. The van der Waals surface area contributed by atoms with Crippen molar-refractivity contribution in [2.24, 2.45) is 0 Å². The van der Waals surface area contributed by atoms with Crippen molar-refractivity contribution in [2.75, 3.05) is 13.2 Å². The van der Waals surface area contributed by atoms with Gasteiger partial charge in [-0.3, -0.25) is 9.59 Å². The zero-order valence-electron chi connectivity index (χ0n) is 36.7. The highest BCUT2D eigenvalue weighted by atomic mass is 16.5. The number of aliphatic hydroxyl groups excluding tert-OH is 2. The molecule has 3 N–H and O–H groups in total. The molecular formula is C49H93NO5. The van der Waals surface area contributed by atoms with Gasteiger partial charge in [-0.1, -0.05) is 186 Å². The summed E-state index contributed by atoms with van der Waals surface area (Å²) < 4.78 is 5.44. The largest absolute Gasteiger partial charge is 0.466 e. The molecule has 0 aliphatic carbocycles. The molecule has 0 heterocycles. The van der Waals surface area contributed by atoms with E-state index >= 15 is 0 Å². The fraction of sp³-hybridized carbons (Fsp3) is 0.878. The molecule has 0 bridgehead atoms. The van der Waals surface area contributed by atoms with E-state index in [2.05, 4.69) is 43.5 Å². The molecule has 2 atom stereocenters. The number of aliphatic hydroxyl groups is 2. The van der Waals surface area contributed by atoms with Crippen LogP contribution in [0.2, 0.25) is 0 Å². The third kappa shape index (κ3) is 41.8. The molecule has 0 fully saturated rings. The average molecular weight is 776 g/mol. The number of carbonyl (C=O) groups excluding carboxylic acids is 2. The molecule has 0 aliphatic rings. The van der Waals surface area contributed by atoms with Crippen molar-refractivity contribution in [3.63, 3.8) is 0 Å². The molecule has 6 nitrogen and oxygen atoms in total. The van der Waals surface area contributed by atoms with Crippen molar-refractivity contribution in [1.82, 2.24) is 5.32 Å². The Balaban J connectivity index is 3.51. The Morgan fingerprint density at radius 2 is 0.855 bits per heavy atom. The van der Waals surface area contributed by atoms with Gasteiger partial charge in [-0.05, 0) is 77.0 Å². The zero-order chi connectivity index (χ0) is 40.1. The molecule has 0 aromatic rings. The lowest BCUT2D eigenvalue weighted by atomic mass is 10.0. The van der Waals surface area contributed by atoms with Crippen LogP contribution in [0.3, 0.4) is 0 Å². The molecule has 0 radical (unpaired) electrons. The van der Waals surface area contributed by atoms with Crippen molar-refractivity contribution in [3.8, 4) is 0 Å². The molecule has 6 heteroatoms. The molecule has 0 saturated carbocycles. The first-order chi connectivity index (χ1) is 27.0. The number of rotatable bonds is 44. The summed E-state index contributed by atoms with van der Waals surface area (Å²) in [6.45, 7) is 4.87. The van der Waals surface area contributed by atoms with Gasteiger partial charge in [-0.25, -0.2) is 0 Å². The number of unbranched alkanes of at least 4 members (excludes halogenated alkanes) is 29. The number of hydrogen-bond acceptors (Lipinski definition) is 5. The maximum atomic E-state index is 12.4. The van der Waals surface area contributed by atoms with Crippen LogP contribution in [0, 0.1) is 0 Å². The Bertz CT molecular complexity index is 858. The average Bonchev–Trinajstić information content (AvgIpc) is 3.18. The molecule has 0 aromatic carbocycles. The van der Waals surface area contributed by atoms with Gasteiger partial charge < -0.3 is 20.3 Å². The molecule has 0 aromatic heterocycles. The first kappa shape index (κ1) is 53.3. The quantitative estimate of drug-likeness (QED) is 0.0325. The topological polar surface area (TPSA) is 95.9 Å². The lowest BCUT2D eigenvalue weighted by Gasteiger charge is -2.22. The van der Waals surface area contributed by atoms with E-state index in [1.54, 1.807) is 0 Å². The van der Waals surface area contributed by atoms with Crippen LogP contribution in [-0.2, 0) is 14.3 Å². The normalized spacial score (nSPS) is 12.9. The van der Waals surface area contributed by atoms with Gasteiger partial charge in [0.05, 0.1) is 25.4 Å². The zero-order valence-corrected chi connectivity index (χ0v) is 36.7. The number of ether oxygens (including phenoxy) is 1. The van der Waals surface area contributed by atoms with E-state index < -0.39 is 12.1 Å². The van der Waals surface area contributed by atoms with Crippen LogP contribution < -0.4 is 5.32 Å². The molecule has 0 saturated heterocycles. The van der Waals surface area contributed by atoms with Crippen LogP contribution in [-0.4, -0.2) is 47.4 Å². The summed E-state index contributed by atoms with van der Waals surface area (Å²) in [7, 11) is 0. The summed E-state index contributed by atoms with van der Waals surface area (Å²) in [4.78, 5) is 24.4. The third-order valence-corrected chi connectivity index (χ3v) is 11.0. The third-order valence-electron chi connectivity index (χ3n) is 11.0. The Kier molecular flexibility index (Phi) is 43.7. The number of carbonyl (C=O) groups is 2. The van der Waals surface area contributed by atoms with Gasteiger partial charge in [-0.2, -0.15) is 0 Å². The van der Waals surface area contributed by atoms with E-state index in [1.165, 1.54) is 148 Å². The standard InChI is InChI=1S/C49H93NO5/c1-3-5-7-9-11-13-15-18-23-27-31-35-39-43-49(54)55-44-40-36-32-28-24-20-17-19-22-26-30-34-38-42-48(53)50-46(45-51)47(52)41-37-33-29-25-21-16-14-12-10-8-6-4-2/h13,15,19,22,46-47,51-52H,3-12,14,16-18,20-21,23-45H2,1-2H3,(H,50,53)/b15-13-,22-19-. The molecule has 0 spiro atoms. The van der Waals surface area contributed by atoms with Crippen LogP contribution in [0.1, 0.15) is 251 Å². The van der Waals surface area contributed by atoms with Gasteiger partial charge in [0.2, 0.25) is 5.91 Å². The molecular weight excluding hydrogens is 683 g/mol. The van der Waals surface area contributed by atoms with Gasteiger partial charge in [0.1, 0.15) is 0 Å². The Labute approximate surface area is 341 Å². The lowest BCUT2D eigenvalue weighted by Crippen LogP contribution is -2.45. The predicted octanol–water partition coefficient (Wildman–Crippen LogP) is 14.0. The van der Waals surface area contributed by atoms with Gasteiger partial charge in [-0.15, -0.1) is 0 Å². The Morgan fingerprint density at radius 1 is 0.491 bits per heavy atom. The molecule has 324 valence electrons. The summed E-state index contributed by atoms with van der Waals surface area (Å²) >= 11 is 0. The van der Waals surface area contributed by atoms with E-state index in [0.29, 0.717) is 25.9 Å². The highest BCUT2D eigenvalue weighted by Gasteiger charge is 2.20. The van der Waals surface area contributed by atoms with Crippen LogP contribution in [0.4, 0.5) is 0 Å². The maximum absolute atomic E-state index is 12.4. The van der Waals surface area contributed by atoms with Crippen LogP contribution in [0.5, 0.6) is 0 Å². The van der Waals surface area contributed by atoms with Crippen LogP contribution in [0.25, 0.3) is 0 Å². The first-order valence-corrected chi connectivity index (χ1v) is 24.1. The van der Waals surface area contributed by atoms with Crippen molar-refractivity contribution in [1.29, 1.82) is 0 Å². The SMILES string of the molecule is CCCCCC/C=C\CCCCCCCC(=O)OCCCCCCCC/C=C\CCCCCC(=O)NC(CO)C(O)CCCCCCCCCCCCCC. The van der Waals surface area contributed by atoms with Crippen molar-refractivity contribution < 1.29 is 24.5 Å². The number of nitrogens with one attached hydrogen (secondary N) is 1. The fourth-order valence-electron chi connectivity index (χ4n) is 7.21. The Morgan fingerprint density at radius 3 is 1.33 bits per heavy atom. The summed E-state index contributed by atoms with van der Waals surface area (Å²) in [5.74, 6) is -0.0890. The summed E-state index contributed by atoms with van der Waals surface area (Å²) in [5.41, 5.74) is 0. The van der Waals surface area contributed by atoms with Gasteiger partial charge in [0.15, 0.2) is 0 Å². The Hall–Kier alpha value is -1.66. The smallest absolute Gasteiger partial charge is 0.305 e. The number of hydrogen-bond donors (Lipinski definition) is 3. The van der Waals surface area contributed by atoms with Gasteiger partial charge in [0, 0.05) is 12.8 Å². The van der Waals surface area contributed by atoms with E-state index in [1.807, 2.05) is 0 Å². The highest BCUT2D eigenvalue weighted by Crippen LogP contribution is 2.15. The highest BCUT2D eigenvalue weighted by molar-refractivity contribution is 5.76. The van der Waals surface area contributed by atoms with E-state index in [9.17, 15) is 19.8 Å². The minimum Gasteiger partial charge on any atom is -0.466 e. The van der Waals surface area contributed by atoms with Crippen molar-refractivity contribution >= 4 is 11.9 Å². The summed E-state index contributed by atoms with van der Waals surface area (Å²) in [5, 5.41) is 23.1. The second-order valence-corrected chi connectivity index (χ2v) is 16.4. The van der Waals surface area contributed by atoms with E-state index in [4.69, 9.17) is 4.74 Å². The second kappa shape index (κ2) is 45.0. The minimum atomic E-state index is -0.680.